The maximum absolute atomic E-state index is 12.8. The summed E-state index contributed by atoms with van der Waals surface area (Å²) in [5, 5.41) is 11.6. The zero-order chi connectivity index (χ0) is 17.8. The Balaban J connectivity index is 0.00000182. The van der Waals surface area contributed by atoms with Gasteiger partial charge in [-0.05, 0) is 55.2 Å². The first-order valence-corrected chi connectivity index (χ1v) is 9.45. The molecule has 27 heavy (non-hydrogen) atoms. The molecule has 0 fully saturated rings. The zero-order valence-corrected chi connectivity index (χ0v) is 17.5. The number of aryl methyl sites for hydroxylation is 1. The highest BCUT2D eigenvalue weighted by Gasteiger charge is 2.21. The van der Waals surface area contributed by atoms with Crippen LogP contribution in [0.2, 0.25) is 0 Å². The lowest BCUT2D eigenvalue weighted by Gasteiger charge is -2.18. The van der Waals surface area contributed by atoms with E-state index in [2.05, 4.69) is 15.5 Å². The second kappa shape index (κ2) is 10.4. The molecule has 1 unspecified atom stereocenters. The molecule has 2 aromatic heterocycles. The van der Waals surface area contributed by atoms with E-state index in [1.165, 1.54) is 0 Å². The van der Waals surface area contributed by atoms with Crippen molar-refractivity contribution in [3.63, 3.8) is 0 Å². The first-order valence-electron chi connectivity index (χ1n) is 8.05. The van der Waals surface area contributed by atoms with Crippen LogP contribution in [0.5, 0.6) is 0 Å². The van der Waals surface area contributed by atoms with Gasteiger partial charge < -0.3 is 11.1 Å². The van der Waals surface area contributed by atoms with E-state index in [1.54, 1.807) is 23.9 Å². The topological polar surface area (TPSA) is 85.3 Å². The Kier molecular flexibility index (Phi) is 8.88. The number of amides is 1. The maximum Gasteiger partial charge on any atom is 0.252 e. The fraction of sp³-hybridized carbons (Fsp3) is 0.278. The minimum absolute atomic E-state index is 0. The van der Waals surface area contributed by atoms with Crippen molar-refractivity contribution in [1.29, 1.82) is 0 Å². The molecule has 0 aliphatic carbocycles. The molecule has 0 saturated carbocycles. The predicted molar refractivity (Wildman–Crippen MR) is 116 cm³/mol. The van der Waals surface area contributed by atoms with E-state index in [9.17, 15) is 4.79 Å². The van der Waals surface area contributed by atoms with Crippen LogP contribution in [0.25, 0.3) is 5.65 Å². The SMILES string of the molecule is CSCCC(NC(=O)c1cc(N)ccc1C)c1nnc2ccccn12.Cl.Cl. The number of pyridine rings is 1. The van der Waals surface area contributed by atoms with Gasteiger partial charge in [-0.1, -0.05) is 12.1 Å². The van der Waals surface area contributed by atoms with E-state index in [0.29, 0.717) is 11.3 Å². The first-order chi connectivity index (χ1) is 12.1. The smallest absolute Gasteiger partial charge is 0.252 e. The number of rotatable bonds is 6. The number of thioether (sulfide) groups is 1. The highest BCUT2D eigenvalue weighted by Crippen LogP contribution is 2.20. The molecular formula is C18H23Cl2N5OS. The number of hydrogen-bond acceptors (Lipinski definition) is 5. The minimum Gasteiger partial charge on any atom is -0.399 e. The lowest BCUT2D eigenvalue weighted by Crippen LogP contribution is -2.31. The molecule has 0 bridgehead atoms. The highest BCUT2D eigenvalue weighted by atomic mass is 35.5. The number of anilines is 1. The Morgan fingerprint density at radius 3 is 2.78 bits per heavy atom. The van der Waals surface area contributed by atoms with Crippen LogP contribution in [-0.2, 0) is 0 Å². The fourth-order valence-electron chi connectivity index (χ4n) is 2.72. The standard InChI is InChI=1S/C18H21N5OS.2ClH/c1-12-6-7-13(19)11-14(12)18(24)20-15(8-10-25-2)17-22-21-16-5-3-4-9-23(16)17;;/h3-7,9,11,15H,8,10,19H2,1-2H3,(H,20,24);2*1H. The Bertz CT molecular complexity index is 902. The van der Waals surface area contributed by atoms with Crippen LogP contribution in [0.1, 0.15) is 34.2 Å². The van der Waals surface area contributed by atoms with Crippen molar-refractivity contribution in [2.45, 2.75) is 19.4 Å². The van der Waals surface area contributed by atoms with E-state index in [0.717, 1.165) is 29.2 Å². The van der Waals surface area contributed by atoms with Gasteiger partial charge in [0.15, 0.2) is 11.5 Å². The summed E-state index contributed by atoms with van der Waals surface area (Å²) in [6.07, 6.45) is 4.72. The minimum atomic E-state index is -0.224. The summed E-state index contributed by atoms with van der Waals surface area (Å²) >= 11 is 1.73. The van der Waals surface area contributed by atoms with Crippen molar-refractivity contribution in [3.05, 3.63) is 59.5 Å². The molecule has 0 spiro atoms. The lowest BCUT2D eigenvalue weighted by molar-refractivity contribution is 0.0933. The molecule has 146 valence electrons. The number of nitrogens with one attached hydrogen (secondary N) is 1. The van der Waals surface area contributed by atoms with E-state index in [-0.39, 0.29) is 36.8 Å². The van der Waals surface area contributed by atoms with Gasteiger partial charge in [-0.3, -0.25) is 9.20 Å². The molecule has 0 radical (unpaired) electrons. The summed E-state index contributed by atoms with van der Waals surface area (Å²) in [5.41, 5.74) is 8.65. The molecule has 3 rings (SSSR count). The van der Waals surface area contributed by atoms with Gasteiger partial charge in [-0.25, -0.2) is 0 Å². The van der Waals surface area contributed by atoms with Crippen LogP contribution in [0, 0.1) is 6.92 Å². The first kappa shape index (κ1) is 23.1. The van der Waals surface area contributed by atoms with Crippen LogP contribution >= 0.6 is 36.6 Å². The fourth-order valence-corrected chi connectivity index (χ4v) is 3.19. The van der Waals surface area contributed by atoms with E-state index in [4.69, 9.17) is 5.73 Å². The summed E-state index contributed by atoms with van der Waals surface area (Å²) in [6.45, 7) is 1.90. The van der Waals surface area contributed by atoms with Gasteiger partial charge in [-0.15, -0.1) is 35.0 Å². The Labute approximate surface area is 175 Å². The zero-order valence-electron chi connectivity index (χ0n) is 15.1. The van der Waals surface area contributed by atoms with Crippen LogP contribution < -0.4 is 11.1 Å². The maximum atomic E-state index is 12.8. The van der Waals surface area contributed by atoms with Gasteiger partial charge in [-0.2, -0.15) is 11.8 Å². The van der Waals surface area contributed by atoms with E-state index >= 15 is 0 Å². The van der Waals surface area contributed by atoms with Gasteiger partial charge in [0, 0.05) is 17.4 Å². The molecule has 1 amide bonds. The number of aromatic nitrogens is 3. The van der Waals surface area contributed by atoms with Crippen LogP contribution in [0.4, 0.5) is 5.69 Å². The normalized spacial score (nSPS) is 11.3. The second-order valence-electron chi connectivity index (χ2n) is 5.87. The van der Waals surface area contributed by atoms with Crippen LogP contribution in [0.15, 0.2) is 42.6 Å². The van der Waals surface area contributed by atoms with Crippen molar-refractivity contribution < 1.29 is 4.79 Å². The molecule has 9 heteroatoms. The van der Waals surface area contributed by atoms with Gasteiger partial charge in [0.05, 0.1) is 6.04 Å². The van der Waals surface area contributed by atoms with E-state index < -0.39 is 0 Å². The molecule has 3 aromatic rings. The summed E-state index contributed by atoms with van der Waals surface area (Å²) in [7, 11) is 0. The third kappa shape index (κ3) is 5.28. The van der Waals surface area contributed by atoms with Crippen LogP contribution in [-0.4, -0.2) is 32.5 Å². The Hall–Kier alpha value is -1.96. The highest BCUT2D eigenvalue weighted by molar-refractivity contribution is 7.98. The summed E-state index contributed by atoms with van der Waals surface area (Å²) in [5.74, 6) is 1.49. The van der Waals surface area contributed by atoms with E-state index in [1.807, 2.05) is 48.0 Å². The van der Waals surface area contributed by atoms with Crippen molar-refractivity contribution in [2.75, 3.05) is 17.7 Å². The third-order valence-electron chi connectivity index (χ3n) is 4.07. The third-order valence-corrected chi connectivity index (χ3v) is 4.72. The molecule has 2 heterocycles. The summed E-state index contributed by atoms with van der Waals surface area (Å²) in [4.78, 5) is 12.8. The van der Waals surface area contributed by atoms with Gasteiger partial charge >= 0.3 is 0 Å². The van der Waals surface area contributed by atoms with Crippen molar-refractivity contribution in [1.82, 2.24) is 19.9 Å². The second-order valence-corrected chi connectivity index (χ2v) is 6.85. The molecule has 0 saturated heterocycles. The summed E-state index contributed by atoms with van der Waals surface area (Å²) in [6, 6.07) is 10.9. The number of nitrogens with two attached hydrogens (primary N) is 1. The average molecular weight is 428 g/mol. The Morgan fingerprint density at radius 1 is 1.26 bits per heavy atom. The van der Waals surface area contributed by atoms with Gasteiger partial charge in [0.2, 0.25) is 0 Å². The number of carbonyl (C=O) groups excluding carboxylic acids is 1. The quantitative estimate of drug-likeness (QED) is 0.585. The van der Waals surface area contributed by atoms with Crippen molar-refractivity contribution >= 4 is 53.8 Å². The monoisotopic (exact) mass is 427 g/mol. The number of halogens is 2. The lowest BCUT2D eigenvalue weighted by atomic mass is 10.1. The number of benzene rings is 1. The summed E-state index contributed by atoms with van der Waals surface area (Å²) < 4.78 is 1.91. The number of hydrogen-bond donors (Lipinski definition) is 2. The molecule has 1 aromatic carbocycles. The number of nitrogens with zero attached hydrogens (tertiary/aromatic N) is 3. The molecule has 1 atom stereocenters. The van der Waals surface area contributed by atoms with Gasteiger partial charge in [0.25, 0.3) is 5.91 Å². The Morgan fingerprint density at radius 2 is 2.04 bits per heavy atom. The van der Waals surface area contributed by atoms with Crippen molar-refractivity contribution in [2.24, 2.45) is 0 Å². The molecular weight excluding hydrogens is 405 g/mol. The molecule has 6 nitrogen and oxygen atoms in total. The molecule has 0 aliphatic heterocycles. The largest absolute Gasteiger partial charge is 0.399 e. The predicted octanol–water partition coefficient (Wildman–Crippen LogP) is 3.69. The van der Waals surface area contributed by atoms with Crippen molar-refractivity contribution in [3.8, 4) is 0 Å². The number of carbonyl (C=O) groups is 1. The van der Waals surface area contributed by atoms with Crippen LogP contribution in [0.3, 0.4) is 0 Å². The molecule has 0 aliphatic rings. The van der Waals surface area contributed by atoms with Gasteiger partial charge in [0.1, 0.15) is 0 Å². The molecule has 3 N–H and O–H groups in total. The number of fused-ring (bicyclic) bond motifs is 1. The average Bonchev–Trinajstić information content (AvgIpc) is 3.04. The number of nitrogen functional groups attached to an aromatic ring is 1.